The lowest BCUT2D eigenvalue weighted by Crippen LogP contribution is -2.37. The van der Waals surface area contributed by atoms with Crippen LogP contribution in [0.15, 0.2) is 73.6 Å². The quantitative estimate of drug-likeness (QED) is 0.122. The first-order valence-electron chi connectivity index (χ1n) is 19.6. The molecule has 0 radical (unpaired) electrons. The maximum atomic E-state index is 14.5. The largest absolute Gasteiger partial charge is 0.487 e. The summed E-state index contributed by atoms with van der Waals surface area (Å²) in [5.74, 6) is 0.794. The first kappa shape index (κ1) is 37.5. The van der Waals surface area contributed by atoms with E-state index in [1.54, 1.807) is 6.07 Å². The van der Waals surface area contributed by atoms with Crippen LogP contribution in [-0.2, 0) is 19.5 Å². The van der Waals surface area contributed by atoms with Gasteiger partial charge in [0.25, 0.3) is 0 Å². The van der Waals surface area contributed by atoms with Crippen LogP contribution in [0.3, 0.4) is 0 Å². The summed E-state index contributed by atoms with van der Waals surface area (Å²) in [5.41, 5.74) is 5.98. The molecule has 2 aromatic carbocycles. The van der Waals surface area contributed by atoms with Gasteiger partial charge in [-0.1, -0.05) is 12.1 Å². The standard InChI is InChI=1S/C42H47FN8O6/c1-23-28-9-13-50(41(28)47-21-45-23)31-17-35(39(54)37(31)52)56-33-7-6-27(43)16-26(33)19-44-11-15-49-12-8-30-25(20-49)4-3-5-34(30)57-36-18-32(38(53)40(36)55)51-14-10-29-24(2)46-22-48-42(29)51/h3-7,9-10,13-14,16,21-22,31-32,35-40,44,52-55H,8,11-12,15,17-20H2,1-2H3/t31-,32?,35+,36+,37+,38+,39-,40-/m1/s1. The number of rotatable bonds is 11. The molecular weight excluding hydrogens is 732 g/mol. The second-order valence-corrected chi connectivity index (χ2v) is 15.6. The van der Waals surface area contributed by atoms with Gasteiger partial charge in [0.15, 0.2) is 0 Å². The Morgan fingerprint density at radius 2 is 1.37 bits per heavy atom. The van der Waals surface area contributed by atoms with Crippen molar-refractivity contribution in [3.63, 3.8) is 0 Å². The van der Waals surface area contributed by atoms with Gasteiger partial charge < -0.3 is 44.4 Å². The molecule has 57 heavy (non-hydrogen) atoms. The molecule has 0 saturated heterocycles. The second-order valence-electron chi connectivity index (χ2n) is 15.6. The number of aromatic nitrogens is 6. The van der Waals surface area contributed by atoms with Crippen LogP contribution in [-0.4, -0.2) is 111 Å². The van der Waals surface area contributed by atoms with Crippen LogP contribution < -0.4 is 14.8 Å². The summed E-state index contributed by atoms with van der Waals surface area (Å²) in [6, 6.07) is 13.4. The van der Waals surface area contributed by atoms with Crippen LogP contribution in [0.2, 0.25) is 0 Å². The second kappa shape index (κ2) is 15.4. The number of aliphatic hydroxyl groups is 4. The van der Waals surface area contributed by atoms with Gasteiger partial charge in [-0.2, -0.15) is 0 Å². The minimum atomic E-state index is -1.15. The van der Waals surface area contributed by atoms with Gasteiger partial charge in [0.2, 0.25) is 0 Å². The Balaban J connectivity index is 0.799. The van der Waals surface area contributed by atoms with Crippen molar-refractivity contribution in [2.75, 3.05) is 19.6 Å². The average molecular weight is 779 g/mol. The van der Waals surface area contributed by atoms with Crippen molar-refractivity contribution in [3.8, 4) is 11.5 Å². The Labute approximate surface area is 328 Å². The minimum Gasteiger partial charge on any atom is -0.487 e. The van der Waals surface area contributed by atoms with E-state index in [2.05, 4.69) is 36.2 Å². The maximum absolute atomic E-state index is 14.5. The molecule has 298 valence electrons. The van der Waals surface area contributed by atoms with Gasteiger partial charge in [-0.15, -0.1) is 0 Å². The van der Waals surface area contributed by atoms with Crippen LogP contribution >= 0.6 is 0 Å². The highest BCUT2D eigenvalue weighted by molar-refractivity contribution is 5.79. The molecule has 5 heterocycles. The van der Waals surface area contributed by atoms with Crippen molar-refractivity contribution in [1.29, 1.82) is 0 Å². The third kappa shape index (κ3) is 7.02. The normalized spacial score (nSPS) is 26.4. The Morgan fingerprint density at radius 3 is 2.00 bits per heavy atom. The van der Waals surface area contributed by atoms with Gasteiger partial charge in [0.05, 0.1) is 23.5 Å². The molecule has 8 atom stereocenters. The molecule has 2 aliphatic carbocycles. The van der Waals surface area contributed by atoms with Gasteiger partial charge in [0, 0.05) is 74.3 Å². The lowest BCUT2D eigenvalue weighted by molar-refractivity contribution is -0.0167. The molecule has 9 rings (SSSR count). The average Bonchev–Trinajstić information content (AvgIpc) is 3.97. The highest BCUT2D eigenvalue weighted by Gasteiger charge is 2.46. The molecular formula is C42H47FN8O6. The number of hydrogen-bond donors (Lipinski definition) is 5. The smallest absolute Gasteiger partial charge is 0.143 e. The molecule has 3 aliphatic rings. The molecule has 15 heteroatoms. The zero-order valence-corrected chi connectivity index (χ0v) is 31.8. The van der Waals surface area contributed by atoms with Crippen molar-refractivity contribution in [2.45, 2.75) is 94.9 Å². The van der Waals surface area contributed by atoms with Crippen LogP contribution in [0.25, 0.3) is 22.1 Å². The summed E-state index contributed by atoms with van der Waals surface area (Å²) >= 11 is 0. The Morgan fingerprint density at radius 1 is 0.754 bits per heavy atom. The van der Waals surface area contributed by atoms with Gasteiger partial charge in [-0.3, -0.25) is 4.90 Å². The van der Waals surface area contributed by atoms with E-state index >= 15 is 0 Å². The van der Waals surface area contributed by atoms with Gasteiger partial charge in [-0.05, 0) is 67.8 Å². The van der Waals surface area contributed by atoms with E-state index in [1.165, 1.54) is 24.8 Å². The van der Waals surface area contributed by atoms with E-state index in [0.29, 0.717) is 42.9 Å². The van der Waals surface area contributed by atoms with E-state index in [9.17, 15) is 24.8 Å². The summed E-state index contributed by atoms with van der Waals surface area (Å²) < 4.78 is 31.0. The maximum Gasteiger partial charge on any atom is 0.143 e. The highest BCUT2D eigenvalue weighted by Crippen LogP contribution is 2.39. The molecule has 6 aromatic rings. The third-order valence-corrected chi connectivity index (χ3v) is 12.1. The first-order valence-corrected chi connectivity index (χ1v) is 19.6. The monoisotopic (exact) mass is 778 g/mol. The number of fused-ring (bicyclic) bond motifs is 3. The molecule has 1 aliphatic heterocycles. The number of nitrogens with zero attached hydrogens (tertiary/aromatic N) is 7. The fourth-order valence-corrected chi connectivity index (χ4v) is 8.97. The number of nitrogens with one attached hydrogen (secondary N) is 1. The van der Waals surface area contributed by atoms with E-state index in [-0.39, 0.29) is 11.9 Å². The van der Waals surface area contributed by atoms with E-state index < -0.39 is 42.7 Å². The van der Waals surface area contributed by atoms with Crippen LogP contribution in [0.5, 0.6) is 11.5 Å². The summed E-state index contributed by atoms with van der Waals surface area (Å²) in [7, 11) is 0. The number of halogens is 1. The molecule has 5 N–H and O–H groups in total. The topological polar surface area (TPSA) is 176 Å². The lowest BCUT2D eigenvalue weighted by atomic mass is 9.98. The Kier molecular flexibility index (Phi) is 10.1. The van der Waals surface area contributed by atoms with Gasteiger partial charge in [-0.25, -0.2) is 24.3 Å². The molecule has 0 spiro atoms. The molecule has 14 nitrogen and oxygen atoms in total. The molecule has 0 amide bonds. The molecule has 2 fully saturated rings. The summed E-state index contributed by atoms with van der Waals surface area (Å²) in [6.07, 6.45) is 2.70. The van der Waals surface area contributed by atoms with E-state index in [4.69, 9.17) is 9.47 Å². The number of aliphatic hydroxyl groups excluding tert-OH is 4. The minimum absolute atomic E-state index is 0.340. The van der Waals surface area contributed by atoms with Crippen molar-refractivity contribution >= 4 is 22.1 Å². The Hall–Kier alpha value is -5.03. The SMILES string of the molecule is Cc1ncnc2c1ccn2C1C[C@H](Oc2cccc3c2CCN(CCNCc2cc(F)ccc2O[C@H]2C[C@@H](n4ccc5c(C)ncnc54)[C@H](O)[C@@H]2O)C3)[C@@H](O)[C@H]1O. The van der Waals surface area contributed by atoms with Crippen molar-refractivity contribution < 1.29 is 34.3 Å². The summed E-state index contributed by atoms with van der Waals surface area (Å²) in [4.78, 5) is 19.7. The highest BCUT2D eigenvalue weighted by atomic mass is 19.1. The third-order valence-electron chi connectivity index (χ3n) is 12.1. The Bertz CT molecular complexity index is 2410. The number of hydrogen-bond acceptors (Lipinski definition) is 12. The van der Waals surface area contributed by atoms with Crippen LogP contribution in [0, 0.1) is 19.7 Å². The molecule has 1 unspecified atom stereocenters. The summed E-state index contributed by atoms with van der Waals surface area (Å²) in [6.45, 7) is 7.10. The fraction of sp³-hybridized carbons (Fsp3) is 0.429. The number of benzene rings is 2. The van der Waals surface area contributed by atoms with Crippen LogP contribution in [0.1, 0.15) is 53.0 Å². The fourth-order valence-electron chi connectivity index (χ4n) is 8.97. The first-order chi connectivity index (χ1) is 27.6. The van der Waals surface area contributed by atoms with Gasteiger partial charge in [0.1, 0.15) is 77.9 Å². The van der Waals surface area contributed by atoms with Crippen molar-refractivity contribution in [3.05, 3.63) is 107 Å². The van der Waals surface area contributed by atoms with Crippen molar-refractivity contribution in [2.24, 2.45) is 0 Å². The van der Waals surface area contributed by atoms with Crippen molar-refractivity contribution in [1.82, 2.24) is 39.3 Å². The number of aryl methyl sites for hydroxylation is 2. The van der Waals surface area contributed by atoms with Crippen LogP contribution in [0.4, 0.5) is 4.39 Å². The van der Waals surface area contributed by atoms with Gasteiger partial charge >= 0.3 is 0 Å². The molecule has 2 saturated carbocycles. The van der Waals surface area contributed by atoms with E-state index in [0.717, 1.165) is 70.7 Å². The lowest BCUT2D eigenvalue weighted by Gasteiger charge is -2.31. The van der Waals surface area contributed by atoms with E-state index in [1.807, 2.05) is 59.6 Å². The molecule has 4 aromatic heterocycles. The molecule has 0 bridgehead atoms. The zero-order chi connectivity index (χ0) is 39.4. The summed E-state index contributed by atoms with van der Waals surface area (Å²) in [5, 5.41) is 49.5. The number of ether oxygens (including phenoxy) is 2. The predicted molar refractivity (Wildman–Crippen MR) is 208 cm³/mol. The zero-order valence-electron chi connectivity index (χ0n) is 31.8. The predicted octanol–water partition coefficient (Wildman–Crippen LogP) is 3.31.